The van der Waals surface area contributed by atoms with Gasteiger partial charge in [-0.3, -0.25) is 0 Å². The van der Waals surface area contributed by atoms with Crippen LogP contribution in [0, 0.1) is 0 Å². The predicted molar refractivity (Wildman–Crippen MR) is 147 cm³/mol. The van der Waals surface area contributed by atoms with Crippen molar-refractivity contribution >= 4 is 39.2 Å². The Hall–Kier alpha value is -4.43. The number of rotatable bonds is 3. The third-order valence-electron chi connectivity index (χ3n) is 7.56. The summed E-state index contributed by atoms with van der Waals surface area (Å²) in [5.41, 5.74) is 6.63. The van der Waals surface area contributed by atoms with Crippen LogP contribution in [0.5, 0.6) is 0 Å². The van der Waals surface area contributed by atoms with Crippen LogP contribution in [0.4, 0.5) is 0 Å². The van der Waals surface area contributed by atoms with E-state index in [0.717, 1.165) is 29.7 Å². The summed E-state index contributed by atoms with van der Waals surface area (Å²) in [7, 11) is 0. The van der Waals surface area contributed by atoms with Crippen LogP contribution in [0.25, 0.3) is 33.2 Å². The lowest BCUT2D eigenvalue weighted by Crippen LogP contribution is -2.17. The summed E-state index contributed by atoms with van der Waals surface area (Å²) in [4.78, 5) is 13.4. The van der Waals surface area contributed by atoms with Crippen molar-refractivity contribution in [2.24, 2.45) is 0 Å². The van der Waals surface area contributed by atoms with Crippen LogP contribution in [-0.4, -0.2) is 5.97 Å². The highest BCUT2D eigenvalue weighted by Gasteiger charge is 2.38. The van der Waals surface area contributed by atoms with E-state index in [4.69, 9.17) is 4.74 Å². The Morgan fingerprint density at radius 1 is 0.639 bits per heavy atom. The molecule has 2 aliphatic rings. The van der Waals surface area contributed by atoms with Gasteiger partial charge in [0.05, 0.1) is 11.5 Å². The van der Waals surface area contributed by atoms with Crippen LogP contribution in [0.15, 0.2) is 121 Å². The molecule has 0 N–H and O–H groups in total. The highest BCUT2D eigenvalue weighted by atomic mass is 16.5. The first-order valence-electron chi connectivity index (χ1n) is 12.5. The van der Waals surface area contributed by atoms with Gasteiger partial charge in [0.25, 0.3) is 0 Å². The SMILES string of the molecule is O=C(OC1=C(c2ccccc2)CCC2=Cc3c(c4ccccc4c4ccccc34)C21)c1ccccc1. The molecule has 0 aromatic heterocycles. The third kappa shape index (κ3) is 3.22. The first-order valence-corrected chi connectivity index (χ1v) is 12.5. The number of hydrogen-bond acceptors (Lipinski definition) is 2. The zero-order valence-corrected chi connectivity index (χ0v) is 19.8. The molecule has 0 spiro atoms. The van der Waals surface area contributed by atoms with Gasteiger partial charge in [-0.05, 0) is 68.8 Å². The minimum atomic E-state index is -0.307. The van der Waals surface area contributed by atoms with Crippen LogP contribution >= 0.6 is 0 Å². The van der Waals surface area contributed by atoms with E-state index in [9.17, 15) is 4.79 Å². The molecule has 0 aliphatic heterocycles. The van der Waals surface area contributed by atoms with Gasteiger partial charge in [0.2, 0.25) is 0 Å². The number of esters is 1. The van der Waals surface area contributed by atoms with Gasteiger partial charge in [-0.15, -0.1) is 0 Å². The summed E-state index contributed by atoms with van der Waals surface area (Å²) in [5, 5.41) is 4.98. The smallest absolute Gasteiger partial charge is 0.343 e. The molecular formula is C34H24O2. The molecule has 5 aromatic rings. The van der Waals surface area contributed by atoms with Gasteiger partial charge in [-0.25, -0.2) is 4.79 Å². The summed E-state index contributed by atoms with van der Waals surface area (Å²) in [6, 6.07) is 36.9. The van der Waals surface area contributed by atoms with E-state index in [-0.39, 0.29) is 11.9 Å². The molecule has 0 heterocycles. The van der Waals surface area contributed by atoms with E-state index in [1.807, 2.05) is 36.4 Å². The van der Waals surface area contributed by atoms with Crippen molar-refractivity contribution in [3.63, 3.8) is 0 Å². The first kappa shape index (κ1) is 20.9. The van der Waals surface area contributed by atoms with Crippen molar-refractivity contribution in [1.82, 2.24) is 0 Å². The van der Waals surface area contributed by atoms with E-state index in [2.05, 4.69) is 78.9 Å². The molecule has 0 radical (unpaired) electrons. The number of fused-ring (bicyclic) bond motifs is 8. The average Bonchev–Trinajstić information content (AvgIpc) is 3.35. The summed E-state index contributed by atoms with van der Waals surface area (Å²) in [6.07, 6.45) is 4.14. The van der Waals surface area contributed by atoms with Crippen LogP contribution in [0.3, 0.4) is 0 Å². The maximum absolute atomic E-state index is 13.4. The molecule has 0 amide bonds. The lowest BCUT2D eigenvalue weighted by molar-refractivity contribution is 0.0609. The minimum absolute atomic E-state index is 0.0777. The predicted octanol–water partition coefficient (Wildman–Crippen LogP) is 8.54. The van der Waals surface area contributed by atoms with Gasteiger partial charge in [-0.1, -0.05) is 109 Å². The normalized spacial score (nSPS) is 16.6. The minimum Gasteiger partial charge on any atom is -0.426 e. The first-order chi connectivity index (χ1) is 17.8. The Morgan fingerprint density at radius 2 is 1.22 bits per heavy atom. The number of carbonyl (C=O) groups excluding carboxylic acids is 1. The Labute approximate surface area is 210 Å². The molecule has 0 saturated carbocycles. The zero-order valence-electron chi connectivity index (χ0n) is 19.8. The molecule has 0 bridgehead atoms. The number of carbonyl (C=O) groups is 1. The molecule has 36 heavy (non-hydrogen) atoms. The fraction of sp³-hybridized carbons (Fsp3) is 0.0882. The van der Waals surface area contributed by atoms with E-state index in [0.29, 0.717) is 5.56 Å². The summed E-state index contributed by atoms with van der Waals surface area (Å²) < 4.78 is 6.38. The van der Waals surface area contributed by atoms with Crippen LogP contribution < -0.4 is 0 Å². The second kappa shape index (κ2) is 8.35. The van der Waals surface area contributed by atoms with Gasteiger partial charge in [0.15, 0.2) is 0 Å². The number of benzene rings is 5. The molecule has 5 aromatic carbocycles. The maximum Gasteiger partial charge on any atom is 0.343 e. The van der Waals surface area contributed by atoms with E-state index >= 15 is 0 Å². The Morgan fingerprint density at radius 3 is 1.94 bits per heavy atom. The van der Waals surface area contributed by atoms with Crippen LogP contribution in [0.1, 0.15) is 45.8 Å². The topological polar surface area (TPSA) is 26.3 Å². The molecule has 1 atom stereocenters. The standard InChI is InChI=1S/C34H24O2/c35-34(23-13-5-2-6-14-23)36-33-25(22-11-3-1-4-12-22)20-19-24-21-30-28-17-8-7-15-26(28)27-16-9-10-18-29(27)32(30)31(24)33/h1-18,21,31H,19-20H2. The molecule has 1 unspecified atom stereocenters. The zero-order chi connectivity index (χ0) is 24.1. The molecule has 2 heteroatoms. The third-order valence-corrected chi connectivity index (χ3v) is 7.56. The van der Waals surface area contributed by atoms with Crippen molar-refractivity contribution in [2.75, 3.05) is 0 Å². The molecule has 7 rings (SSSR count). The quantitative estimate of drug-likeness (QED) is 0.197. The molecular weight excluding hydrogens is 440 g/mol. The van der Waals surface area contributed by atoms with E-state index < -0.39 is 0 Å². The van der Waals surface area contributed by atoms with Crippen molar-refractivity contribution < 1.29 is 9.53 Å². The van der Waals surface area contributed by atoms with Crippen molar-refractivity contribution in [3.8, 4) is 0 Å². The fourth-order valence-corrected chi connectivity index (χ4v) is 5.98. The molecule has 0 fully saturated rings. The van der Waals surface area contributed by atoms with Gasteiger partial charge in [-0.2, -0.15) is 0 Å². The van der Waals surface area contributed by atoms with Crippen LogP contribution in [0.2, 0.25) is 0 Å². The summed E-state index contributed by atoms with van der Waals surface area (Å²) in [6.45, 7) is 0. The largest absolute Gasteiger partial charge is 0.426 e. The summed E-state index contributed by atoms with van der Waals surface area (Å²) in [5.74, 6) is 0.386. The fourth-order valence-electron chi connectivity index (χ4n) is 5.98. The lowest BCUT2D eigenvalue weighted by atomic mass is 9.79. The maximum atomic E-state index is 13.4. The number of hydrogen-bond donors (Lipinski definition) is 0. The van der Waals surface area contributed by atoms with Gasteiger partial charge < -0.3 is 4.74 Å². The van der Waals surface area contributed by atoms with Crippen molar-refractivity contribution in [3.05, 3.63) is 143 Å². The second-order valence-electron chi connectivity index (χ2n) is 9.54. The average molecular weight is 465 g/mol. The summed E-state index contributed by atoms with van der Waals surface area (Å²) >= 11 is 0. The Bertz CT molecular complexity index is 1710. The number of allylic oxidation sites excluding steroid dienone is 2. The van der Waals surface area contributed by atoms with Gasteiger partial charge in [0.1, 0.15) is 5.76 Å². The van der Waals surface area contributed by atoms with Crippen LogP contribution in [-0.2, 0) is 4.74 Å². The van der Waals surface area contributed by atoms with Gasteiger partial charge >= 0.3 is 5.97 Å². The molecule has 2 aliphatic carbocycles. The molecule has 0 saturated heterocycles. The highest BCUT2D eigenvalue weighted by molar-refractivity contribution is 6.14. The number of ether oxygens (including phenoxy) is 1. The molecule has 172 valence electrons. The Kier molecular flexibility index (Phi) is 4.85. The van der Waals surface area contributed by atoms with E-state index in [1.165, 1.54) is 38.2 Å². The van der Waals surface area contributed by atoms with Gasteiger partial charge in [0, 0.05) is 0 Å². The molecule has 2 nitrogen and oxygen atoms in total. The van der Waals surface area contributed by atoms with Crippen molar-refractivity contribution in [1.29, 1.82) is 0 Å². The monoisotopic (exact) mass is 464 g/mol. The van der Waals surface area contributed by atoms with E-state index in [1.54, 1.807) is 0 Å². The highest BCUT2D eigenvalue weighted by Crippen LogP contribution is 2.54. The Balaban J connectivity index is 1.49. The van der Waals surface area contributed by atoms with Crippen molar-refractivity contribution in [2.45, 2.75) is 18.8 Å². The lowest BCUT2D eigenvalue weighted by Gasteiger charge is -2.29. The second-order valence-corrected chi connectivity index (χ2v) is 9.54.